The van der Waals surface area contributed by atoms with Gasteiger partial charge in [-0.3, -0.25) is 4.79 Å². The standard InChI is InChI=1S/C13H16O3/c1-2-16-13(14)9-6-10-15-11-12-7-4-3-5-8-12/h3-8,10H,2,9,11H2,1H3/b10-6-. The van der Waals surface area contributed by atoms with Crippen molar-refractivity contribution >= 4 is 5.97 Å². The molecule has 0 bridgehead atoms. The summed E-state index contributed by atoms with van der Waals surface area (Å²) < 4.78 is 10.0. The Balaban J connectivity index is 2.16. The molecule has 1 aromatic rings. The van der Waals surface area contributed by atoms with E-state index >= 15 is 0 Å². The molecule has 0 radical (unpaired) electrons. The van der Waals surface area contributed by atoms with Crippen LogP contribution in [0.1, 0.15) is 18.9 Å². The zero-order valence-corrected chi connectivity index (χ0v) is 9.39. The normalized spacial score (nSPS) is 10.3. The Morgan fingerprint density at radius 2 is 2.06 bits per heavy atom. The van der Waals surface area contributed by atoms with E-state index in [-0.39, 0.29) is 12.4 Å². The van der Waals surface area contributed by atoms with Crippen LogP contribution in [0.5, 0.6) is 0 Å². The van der Waals surface area contributed by atoms with Crippen molar-refractivity contribution in [2.24, 2.45) is 0 Å². The Bertz CT molecular complexity index is 330. The minimum Gasteiger partial charge on any atom is -0.497 e. The van der Waals surface area contributed by atoms with Gasteiger partial charge in [-0.1, -0.05) is 30.3 Å². The van der Waals surface area contributed by atoms with E-state index in [1.54, 1.807) is 13.0 Å². The molecule has 0 aromatic heterocycles. The van der Waals surface area contributed by atoms with Crippen LogP contribution in [0.15, 0.2) is 42.7 Å². The van der Waals surface area contributed by atoms with Gasteiger partial charge in [0.1, 0.15) is 6.61 Å². The number of benzene rings is 1. The number of carbonyl (C=O) groups is 1. The average Bonchev–Trinajstić information content (AvgIpc) is 2.30. The van der Waals surface area contributed by atoms with Crippen molar-refractivity contribution in [3.05, 3.63) is 48.2 Å². The molecule has 0 spiro atoms. The van der Waals surface area contributed by atoms with Gasteiger partial charge in [-0.05, 0) is 18.6 Å². The fourth-order valence-corrected chi connectivity index (χ4v) is 1.15. The van der Waals surface area contributed by atoms with Gasteiger partial charge in [0, 0.05) is 0 Å². The highest BCUT2D eigenvalue weighted by Crippen LogP contribution is 2.00. The van der Waals surface area contributed by atoms with Gasteiger partial charge in [-0.2, -0.15) is 0 Å². The fraction of sp³-hybridized carbons (Fsp3) is 0.308. The summed E-state index contributed by atoms with van der Waals surface area (Å²) in [6.45, 7) is 2.71. The second-order valence-corrected chi connectivity index (χ2v) is 3.18. The predicted octanol–water partition coefficient (Wildman–Crippen LogP) is 2.67. The quantitative estimate of drug-likeness (QED) is 0.546. The molecule has 86 valence electrons. The highest BCUT2D eigenvalue weighted by molar-refractivity contribution is 5.70. The summed E-state index contributed by atoms with van der Waals surface area (Å²) in [7, 11) is 0. The van der Waals surface area contributed by atoms with Gasteiger partial charge in [0.25, 0.3) is 0 Å². The first kappa shape index (κ1) is 12.3. The number of rotatable bonds is 6. The molecule has 0 aliphatic carbocycles. The summed E-state index contributed by atoms with van der Waals surface area (Å²) in [5.74, 6) is -0.234. The minimum atomic E-state index is -0.234. The predicted molar refractivity (Wildman–Crippen MR) is 61.6 cm³/mol. The second-order valence-electron chi connectivity index (χ2n) is 3.18. The Hall–Kier alpha value is -1.77. The molecule has 16 heavy (non-hydrogen) atoms. The first-order chi connectivity index (χ1) is 7.83. The van der Waals surface area contributed by atoms with Gasteiger partial charge in [0.2, 0.25) is 0 Å². The molecule has 3 nitrogen and oxygen atoms in total. The van der Waals surface area contributed by atoms with Crippen molar-refractivity contribution in [1.29, 1.82) is 0 Å². The summed E-state index contributed by atoms with van der Waals surface area (Å²) in [5, 5.41) is 0. The van der Waals surface area contributed by atoms with E-state index in [0.29, 0.717) is 13.2 Å². The van der Waals surface area contributed by atoms with E-state index in [1.807, 2.05) is 30.3 Å². The molecular formula is C13H16O3. The smallest absolute Gasteiger partial charge is 0.309 e. The van der Waals surface area contributed by atoms with Crippen LogP contribution in [0.2, 0.25) is 0 Å². The fourth-order valence-electron chi connectivity index (χ4n) is 1.15. The first-order valence-electron chi connectivity index (χ1n) is 5.29. The van der Waals surface area contributed by atoms with E-state index in [2.05, 4.69) is 0 Å². The molecule has 0 saturated carbocycles. The van der Waals surface area contributed by atoms with Crippen LogP contribution in [0, 0.1) is 0 Å². The third kappa shape index (κ3) is 5.20. The van der Waals surface area contributed by atoms with E-state index in [0.717, 1.165) is 5.56 Å². The monoisotopic (exact) mass is 220 g/mol. The molecule has 0 unspecified atom stereocenters. The van der Waals surface area contributed by atoms with Crippen LogP contribution in [0.4, 0.5) is 0 Å². The Kier molecular flexibility index (Phi) is 5.78. The molecule has 0 fully saturated rings. The highest BCUT2D eigenvalue weighted by atomic mass is 16.5. The van der Waals surface area contributed by atoms with E-state index in [1.165, 1.54) is 6.26 Å². The topological polar surface area (TPSA) is 35.5 Å². The van der Waals surface area contributed by atoms with Crippen molar-refractivity contribution in [1.82, 2.24) is 0 Å². The minimum absolute atomic E-state index is 0.234. The van der Waals surface area contributed by atoms with Gasteiger partial charge in [0.05, 0.1) is 19.3 Å². The molecule has 3 heteroatoms. The third-order valence-electron chi connectivity index (χ3n) is 1.88. The van der Waals surface area contributed by atoms with Crippen LogP contribution >= 0.6 is 0 Å². The zero-order valence-electron chi connectivity index (χ0n) is 9.39. The molecule has 0 atom stereocenters. The van der Waals surface area contributed by atoms with Crippen molar-refractivity contribution in [3.63, 3.8) is 0 Å². The van der Waals surface area contributed by atoms with E-state index in [9.17, 15) is 4.79 Å². The van der Waals surface area contributed by atoms with Crippen molar-refractivity contribution in [2.45, 2.75) is 20.0 Å². The number of hydrogen-bond donors (Lipinski definition) is 0. The summed E-state index contributed by atoms with van der Waals surface area (Å²) >= 11 is 0. The largest absolute Gasteiger partial charge is 0.497 e. The van der Waals surface area contributed by atoms with Gasteiger partial charge >= 0.3 is 5.97 Å². The van der Waals surface area contributed by atoms with Crippen LogP contribution in [0.3, 0.4) is 0 Å². The molecule has 0 N–H and O–H groups in total. The summed E-state index contributed by atoms with van der Waals surface area (Å²) in [6.07, 6.45) is 3.44. The average molecular weight is 220 g/mol. The molecule has 0 heterocycles. The first-order valence-corrected chi connectivity index (χ1v) is 5.29. The lowest BCUT2D eigenvalue weighted by Crippen LogP contribution is -2.01. The zero-order chi connectivity index (χ0) is 11.6. The van der Waals surface area contributed by atoms with Gasteiger partial charge in [-0.15, -0.1) is 0 Å². The lowest BCUT2D eigenvalue weighted by molar-refractivity contribution is -0.142. The lowest BCUT2D eigenvalue weighted by Gasteiger charge is -2.00. The molecule has 1 rings (SSSR count). The van der Waals surface area contributed by atoms with Gasteiger partial charge in [-0.25, -0.2) is 0 Å². The molecule has 0 amide bonds. The Morgan fingerprint density at radius 1 is 1.31 bits per heavy atom. The molecule has 1 aromatic carbocycles. The molecular weight excluding hydrogens is 204 g/mol. The lowest BCUT2D eigenvalue weighted by atomic mass is 10.2. The Labute approximate surface area is 95.7 Å². The SMILES string of the molecule is CCOC(=O)C/C=C\OCc1ccccc1. The number of ether oxygens (including phenoxy) is 2. The van der Waals surface area contributed by atoms with Crippen molar-refractivity contribution in [3.8, 4) is 0 Å². The van der Waals surface area contributed by atoms with Crippen LogP contribution in [0.25, 0.3) is 0 Å². The van der Waals surface area contributed by atoms with Crippen molar-refractivity contribution < 1.29 is 14.3 Å². The van der Waals surface area contributed by atoms with Gasteiger partial charge in [0.15, 0.2) is 0 Å². The third-order valence-corrected chi connectivity index (χ3v) is 1.88. The maximum atomic E-state index is 10.9. The van der Waals surface area contributed by atoms with Crippen LogP contribution < -0.4 is 0 Å². The van der Waals surface area contributed by atoms with Crippen molar-refractivity contribution in [2.75, 3.05) is 6.61 Å². The maximum Gasteiger partial charge on any atom is 0.309 e. The number of carbonyl (C=O) groups excluding carboxylic acids is 1. The Morgan fingerprint density at radius 3 is 2.75 bits per heavy atom. The number of esters is 1. The second kappa shape index (κ2) is 7.51. The van der Waals surface area contributed by atoms with E-state index < -0.39 is 0 Å². The maximum absolute atomic E-state index is 10.9. The van der Waals surface area contributed by atoms with Crippen LogP contribution in [-0.4, -0.2) is 12.6 Å². The van der Waals surface area contributed by atoms with Gasteiger partial charge < -0.3 is 9.47 Å². The molecule has 0 aliphatic rings. The van der Waals surface area contributed by atoms with Crippen LogP contribution in [-0.2, 0) is 20.9 Å². The summed E-state index contributed by atoms with van der Waals surface area (Å²) in [6, 6.07) is 9.85. The molecule has 0 saturated heterocycles. The van der Waals surface area contributed by atoms with E-state index in [4.69, 9.17) is 9.47 Å². The molecule has 0 aliphatic heterocycles. The summed E-state index contributed by atoms with van der Waals surface area (Å²) in [4.78, 5) is 10.9. The summed E-state index contributed by atoms with van der Waals surface area (Å²) in [5.41, 5.74) is 1.10. The highest BCUT2D eigenvalue weighted by Gasteiger charge is 1.95. The number of hydrogen-bond acceptors (Lipinski definition) is 3.